The van der Waals surface area contributed by atoms with Crippen LogP contribution in [0.25, 0.3) is 0 Å². The minimum atomic E-state index is 0.0780. The van der Waals surface area contributed by atoms with Crippen molar-refractivity contribution in [1.29, 1.82) is 0 Å². The molecule has 0 atom stereocenters. The molecule has 0 spiro atoms. The van der Waals surface area contributed by atoms with Crippen LogP contribution in [-0.4, -0.2) is 38.5 Å². The van der Waals surface area contributed by atoms with E-state index in [0.717, 1.165) is 31.6 Å². The molecule has 0 amide bonds. The van der Waals surface area contributed by atoms with Gasteiger partial charge in [-0.1, -0.05) is 13.8 Å². The molecule has 1 saturated heterocycles. The Morgan fingerprint density at radius 1 is 1.29 bits per heavy atom. The molecule has 0 aromatic carbocycles. The number of nitrogens with one attached hydrogen (secondary N) is 1. The monoisotopic (exact) mass is 241 g/mol. The zero-order valence-electron chi connectivity index (χ0n) is 11.5. The summed E-state index contributed by atoms with van der Waals surface area (Å²) in [5, 5.41) is 3.31. The number of likely N-dealkylation sites (N-methyl/N-ethyl adjacent to an activating group) is 1. The lowest BCUT2D eigenvalue weighted by Gasteiger charge is -2.44. The third kappa shape index (κ3) is 3.21. The molecule has 2 aliphatic rings. The second kappa shape index (κ2) is 5.68. The highest BCUT2D eigenvalue weighted by molar-refractivity contribution is 4.91. The first-order valence-electron chi connectivity index (χ1n) is 7.05. The Morgan fingerprint density at radius 2 is 1.94 bits per heavy atom. The molecule has 100 valence electrons. The molecule has 3 nitrogen and oxygen atoms in total. The van der Waals surface area contributed by atoms with Gasteiger partial charge in [0.2, 0.25) is 0 Å². The van der Waals surface area contributed by atoms with Crippen molar-refractivity contribution in [1.82, 2.24) is 5.32 Å². The van der Waals surface area contributed by atoms with E-state index in [-0.39, 0.29) is 5.60 Å². The predicted octanol–water partition coefficient (Wildman–Crippen LogP) is 2.21. The quantitative estimate of drug-likeness (QED) is 0.800. The average molecular weight is 241 g/mol. The molecule has 0 radical (unpaired) electrons. The third-order valence-electron chi connectivity index (χ3n) is 4.41. The summed E-state index contributed by atoms with van der Waals surface area (Å²) in [5.74, 6) is 1.70. The topological polar surface area (TPSA) is 30.5 Å². The Hall–Kier alpha value is -0.120. The van der Waals surface area contributed by atoms with E-state index >= 15 is 0 Å². The maximum absolute atomic E-state index is 6.30. The van der Waals surface area contributed by atoms with Gasteiger partial charge in [0.25, 0.3) is 0 Å². The lowest BCUT2D eigenvalue weighted by Crippen LogP contribution is -2.51. The van der Waals surface area contributed by atoms with Crippen molar-refractivity contribution < 1.29 is 9.47 Å². The Labute approximate surface area is 105 Å². The first-order chi connectivity index (χ1) is 8.15. The molecule has 0 bridgehead atoms. The standard InChI is InChI=1S/C14H27NO2/c1-11(2)12-4-6-14(7-5-12,10-15-3)17-13-8-16-9-13/h11-13,15H,4-10H2,1-3H3. The summed E-state index contributed by atoms with van der Waals surface area (Å²) >= 11 is 0. The van der Waals surface area contributed by atoms with Crippen LogP contribution >= 0.6 is 0 Å². The lowest BCUT2D eigenvalue weighted by atomic mass is 9.74. The fraction of sp³-hybridized carbons (Fsp3) is 1.00. The van der Waals surface area contributed by atoms with Gasteiger partial charge in [0, 0.05) is 6.54 Å². The van der Waals surface area contributed by atoms with Crippen LogP contribution in [-0.2, 0) is 9.47 Å². The van der Waals surface area contributed by atoms with Crippen LogP contribution in [0, 0.1) is 11.8 Å². The Kier molecular flexibility index (Phi) is 4.45. The molecule has 0 aromatic rings. The summed E-state index contributed by atoms with van der Waals surface area (Å²) in [4.78, 5) is 0. The van der Waals surface area contributed by atoms with Crippen LogP contribution in [0.2, 0.25) is 0 Å². The highest BCUT2D eigenvalue weighted by Crippen LogP contribution is 2.39. The first-order valence-corrected chi connectivity index (χ1v) is 7.05. The van der Waals surface area contributed by atoms with Crippen molar-refractivity contribution in [2.24, 2.45) is 11.8 Å². The van der Waals surface area contributed by atoms with E-state index in [1.165, 1.54) is 25.7 Å². The van der Waals surface area contributed by atoms with Gasteiger partial charge in [0.05, 0.1) is 18.8 Å². The van der Waals surface area contributed by atoms with Gasteiger partial charge >= 0.3 is 0 Å². The molecule has 2 rings (SSSR count). The second-order valence-corrected chi connectivity index (χ2v) is 6.07. The van der Waals surface area contributed by atoms with Gasteiger partial charge in [-0.3, -0.25) is 0 Å². The van der Waals surface area contributed by atoms with Crippen LogP contribution in [0.1, 0.15) is 39.5 Å². The summed E-state index contributed by atoms with van der Waals surface area (Å²) in [6.07, 6.45) is 5.37. The zero-order chi connectivity index (χ0) is 12.3. The summed E-state index contributed by atoms with van der Waals surface area (Å²) in [7, 11) is 2.02. The van der Waals surface area contributed by atoms with Crippen molar-refractivity contribution in [2.75, 3.05) is 26.8 Å². The number of rotatable bonds is 5. The second-order valence-electron chi connectivity index (χ2n) is 6.07. The van der Waals surface area contributed by atoms with Crippen molar-refractivity contribution in [3.05, 3.63) is 0 Å². The molecule has 1 heterocycles. The van der Waals surface area contributed by atoms with Crippen molar-refractivity contribution >= 4 is 0 Å². The van der Waals surface area contributed by atoms with E-state index in [9.17, 15) is 0 Å². The van der Waals surface area contributed by atoms with Crippen LogP contribution in [0.3, 0.4) is 0 Å². The van der Waals surface area contributed by atoms with Crippen LogP contribution in [0.4, 0.5) is 0 Å². The number of hydrogen-bond acceptors (Lipinski definition) is 3. The van der Waals surface area contributed by atoms with Crippen LogP contribution < -0.4 is 5.32 Å². The maximum atomic E-state index is 6.30. The molecular weight excluding hydrogens is 214 g/mol. The zero-order valence-corrected chi connectivity index (χ0v) is 11.5. The minimum absolute atomic E-state index is 0.0780. The van der Waals surface area contributed by atoms with E-state index in [1.807, 2.05) is 7.05 Å². The van der Waals surface area contributed by atoms with E-state index in [2.05, 4.69) is 19.2 Å². The van der Waals surface area contributed by atoms with Gasteiger partial charge in [-0.25, -0.2) is 0 Å². The molecule has 1 aliphatic carbocycles. The first kappa shape index (κ1) is 13.3. The minimum Gasteiger partial charge on any atom is -0.376 e. The van der Waals surface area contributed by atoms with E-state index in [0.29, 0.717) is 6.10 Å². The normalized spacial score (nSPS) is 34.9. The summed E-state index contributed by atoms with van der Waals surface area (Å²) < 4.78 is 11.5. The Bertz CT molecular complexity index is 230. The van der Waals surface area contributed by atoms with Gasteiger partial charge in [-0.05, 0) is 44.6 Å². The highest BCUT2D eigenvalue weighted by Gasteiger charge is 2.39. The molecule has 0 unspecified atom stereocenters. The van der Waals surface area contributed by atoms with Gasteiger partial charge < -0.3 is 14.8 Å². The fourth-order valence-corrected chi connectivity index (χ4v) is 3.13. The fourth-order valence-electron chi connectivity index (χ4n) is 3.13. The predicted molar refractivity (Wildman–Crippen MR) is 69.1 cm³/mol. The molecule has 3 heteroatoms. The number of ether oxygens (including phenoxy) is 2. The highest BCUT2D eigenvalue weighted by atomic mass is 16.6. The Morgan fingerprint density at radius 3 is 2.35 bits per heavy atom. The van der Waals surface area contributed by atoms with Gasteiger partial charge in [0.1, 0.15) is 6.10 Å². The molecular formula is C14H27NO2. The largest absolute Gasteiger partial charge is 0.376 e. The van der Waals surface area contributed by atoms with E-state index in [4.69, 9.17) is 9.47 Å². The van der Waals surface area contributed by atoms with Crippen LogP contribution in [0.5, 0.6) is 0 Å². The smallest absolute Gasteiger partial charge is 0.105 e. The number of hydrogen-bond donors (Lipinski definition) is 1. The van der Waals surface area contributed by atoms with Crippen molar-refractivity contribution in [2.45, 2.75) is 51.2 Å². The summed E-state index contributed by atoms with van der Waals surface area (Å²) in [6.45, 7) is 7.25. The molecule has 17 heavy (non-hydrogen) atoms. The Balaban J connectivity index is 1.89. The SMILES string of the molecule is CNCC1(OC2COC2)CCC(C(C)C)CC1. The lowest BCUT2D eigenvalue weighted by molar-refractivity contribution is -0.203. The van der Waals surface area contributed by atoms with Gasteiger partial charge in [0.15, 0.2) is 0 Å². The maximum Gasteiger partial charge on any atom is 0.105 e. The summed E-state index contributed by atoms with van der Waals surface area (Å²) in [6, 6.07) is 0. The third-order valence-corrected chi connectivity index (χ3v) is 4.41. The molecule has 2 fully saturated rings. The van der Waals surface area contributed by atoms with Crippen molar-refractivity contribution in [3.63, 3.8) is 0 Å². The van der Waals surface area contributed by atoms with Gasteiger partial charge in [-0.15, -0.1) is 0 Å². The summed E-state index contributed by atoms with van der Waals surface area (Å²) in [5.41, 5.74) is 0.0780. The molecule has 1 aliphatic heterocycles. The molecule has 0 aromatic heterocycles. The average Bonchev–Trinajstić information content (AvgIpc) is 2.25. The van der Waals surface area contributed by atoms with E-state index < -0.39 is 0 Å². The molecule has 1 saturated carbocycles. The van der Waals surface area contributed by atoms with Crippen molar-refractivity contribution in [3.8, 4) is 0 Å². The molecule has 1 N–H and O–H groups in total. The van der Waals surface area contributed by atoms with E-state index in [1.54, 1.807) is 0 Å². The van der Waals surface area contributed by atoms with Gasteiger partial charge in [-0.2, -0.15) is 0 Å². The van der Waals surface area contributed by atoms with Crippen LogP contribution in [0.15, 0.2) is 0 Å².